The summed E-state index contributed by atoms with van der Waals surface area (Å²) in [4.78, 5) is 0.205. The van der Waals surface area contributed by atoms with Crippen LogP contribution < -0.4 is 11.1 Å². The lowest BCUT2D eigenvalue weighted by Crippen LogP contribution is -2.12. The quantitative estimate of drug-likeness (QED) is 0.838. The molecule has 0 bridgehead atoms. The fourth-order valence-electron chi connectivity index (χ4n) is 2.10. The van der Waals surface area contributed by atoms with Crippen LogP contribution >= 0.6 is 11.5 Å². The molecule has 3 N–H and O–H groups in total. The number of nitrogens with zero attached hydrogens (tertiary/aromatic N) is 1. The molecular weight excluding hydrogens is 270 g/mol. The van der Waals surface area contributed by atoms with Crippen LogP contribution in [-0.2, 0) is 9.84 Å². The van der Waals surface area contributed by atoms with Crippen LogP contribution in [0.4, 0.5) is 10.8 Å². The number of sulfone groups is 1. The molecule has 2 rings (SSSR count). The van der Waals surface area contributed by atoms with Crippen molar-refractivity contribution in [2.24, 2.45) is 5.92 Å². The van der Waals surface area contributed by atoms with E-state index in [1.54, 1.807) is 0 Å². The molecule has 1 saturated carbocycles. The standard InChI is InChI=1S/C11H19N3O2S2/c1-3-5-18(15,16)9-10(12)14-17-11(9)13-8-6-7(8)4-2/h7-8,13H,3-6H2,1-2H3,(H2,12,14). The Hall–Kier alpha value is -0.820. The number of nitrogen functional groups attached to an aromatic ring is 1. The van der Waals surface area contributed by atoms with Gasteiger partial charge in [0, 0.05) is 6.04 Å². The number of rotatable bonds is 6. The van der Waals surface area contributed by atoms with E-state index in [4.69, 9.17) is 5.73 Å². The van der Waals surface area contributed by atoms with Gasteiger partial charge in [0.25, 0.3) is 0 Å². The van der Waals surface area contributed by atoms with Crippen LogP contribution in [0.2, 0.25) is 0 Å². The minimum absolute atomic E-state index is 0.117. The van der Waals surface area contributed by atoms with Crippen LogP contribution in [-0.4, -0.2) is 24.6 Å². The number of hydrogen-bond acceptors (Lipinski definition) is 6. The molecule has 102 valence electrons. The van der Waals surface area contributed by atoms with E-state index < -0.39 is 9.84 Å². The molecule has 0 saturated heterocycles. The molecule has 0 spiro atoms. The van der Waals surface area contributed by atoms with E-state index in [0.717, 1.165) is 24.4 Å². The van der Waals surface area contributed by atoms with Crippen molar-refractivity contribution in [3.05, 3.63) is 0 Å². The summed E-state index contributed by atoms with van der Waals surface area (Å²) in [6, 6.07) is 0.380. The zero-order chi connectivity index (χ0) is 13.3. The van der Waals surface area contributed by atoms with Crippen molar-refractivity contribution in [1.29, 1.82) is 0 Å². The molecule has 1 fully saturated rings. The normalized spacial score (nSPS) is 23.0. The number of anilines is 2. The van der Waals surface area contributed by atoms with Crippen molar-refractivity contribution in [2.75, 3.05) is 16.8 Å². The van der Waals surface area contributed by atoms with E-state index >= 15 is 0 Å². The fourth-order valence-corrected chi connectivity index (χ4v) is 4.77. The average Bonchev–Trinajstić information content (AvgIpc) is 2.93. The van der Waals surface area contributed by atoms with Crippen LogP contribution in [0.15, 0.2) is 4.90 Å². The van der Waals surface area contributed by atoms with Gasteiger partial charge in [-0.25, -0.2) is 8.42 Å². The van der Waals surface area contributed by atoms with Gasteiger partial charge in [0.1, 0.15) is 9.90 Å². The highest BCUT2D eigenvalue weighted by Gasteiger charge is 2.37. The highest BCUT2D eigenvalue weighted by Crippen LogP contribution is 2.40. The van der Waals surface area contributed by atoms with Gasteiger partial charge in [-0.3, -0.25) is 0 Å². The second kappa shape index (κ2) is 5.05. The molecule has 1 heterocycles. The maximum Gasteiger partial charge on any atom is 0.185 e. The highest BCUT2D eigenvalue weighted by molar-refractivity contribution is 7.91. The molecule has 2 unspecified atom stereocenters. The van der Waals surface area contributed by atoms with E-state index in [2.05, 4.69) is 16.6 Å². The number of nitrogens with one attached hydrogen (secondary N) is 1. The van der Waals surface area contributed by atoms with E-state index in [9.17, 15) is 8.42 Å². The third-order valence-corrected chi connectivity index (χ3v) is 6.12. The van der Waals surface area contributed by atoms with E-state index in [0.29, 0.717) is 23.4 Å². The average molecular weight is 289 g/mol. The van der Waals surface area contributed by atoms with Crippen molar-refractivity contribution in [3.8, 4) is 0 Å². The molecule has 2 atom stereocenters. The SMILES string of the molecule is CCCS(=O)(=O)c1c(N)nsc1NC1CC1CC. The summed E-state index contributed by atoms with van der Waals surface area (Å²) in [6.07, 6.45) is 2.79. The van der Waals surface area contributed by atoms with Crippen molar-refractivity contribution in [2.45, 2.75) is 44.0 Å². The van der Waals surface area contributed by atoms with Crippen LogP contribution in [0.3, 0.4) is 0 Å². The third-order valence-electron chi connectivity index (χ3n) is 3.22. The lowest BCUT2D eigenvalue weighted by Gasteiger charge is -2.07. The molecule has 7 heteroatoms. The van der Waals surface area contributed by atoms with Gasteiger partial charge in [0.2, 0.25) is 0 Å². The number of hydrogen-bond donors (Lipinski definition) is 2. The van der Waals surface area contributed by atoms with Crippen molar-refractivity contribution in [1.82, 2.24) is 4.37 Å². The van der Waals surface area contributed by atoms with Gasteiger partial charge in [-0.05, 0) is 30.3 Å². The Morgan fingerprint density at radius 3 is 2.78 bits per heavy atom. The minimum Gasteiger partial charge on any atom is -0.382 e. The van der Waals surface area contributed by atoms with E-state index in [1.807, 2.05) is 6.92 Å². The predicted octanol–water partition coefficient (Wildman–Crippen LogP) is 2.12. The van der Waals surface area contributed by atoms with Gasteiger partial charge in [-0.15, -0.1) is 0 Å². The molecule has 18 heavy (non-hydrogen) atoms. The second-order valence-electron chi connectivity index (χ2n) is 4.70. The van der Waals surface area contributed by atoms with Crippen molar-refractivity contribution >= 4 is 32.2 Å². The maximum atomic E-state index is 12.1. The summed E-state index contributed by atoms with van der Waals surface area (Å²) in [6.45, 7) is 3.98. The molecule has 0 radical (unpaired) electrons. The largest absolute Gasteiger partial charge is 0.382 e. The smallest absolute Gasteiger partial charge is 0.185 e. The zero-order valence-corrected chi connectivity index (χ0v) is 12.3. The summed E-state index contributed by atoms with van der Waals surface area (Å²) in [5, 5.41) is 3.88. The monoisotopic (exact) mass is 289 g/mol. The predicted molar refractivity (Wildman–Crippen MR) is 74.7 cm³/mol. The Balaban J connectivity index is 2.22. The van der Waals surface area contributed by atoms with Gasteiger partial charge in [0.15, 0.2) is 15.7 Å². The molecule has 0 aromatic carbocycles. The second-order valence-corrected chi connectivity index (χ2v) is 7.52. The molecule has 0 amide bonds. The summed E-state index contributed by atoms with van der Waals surface area (Å²) in [5.74, 6) is 0.895. The van der Waals surface area contributed by atoms with Gasteiger partial charge >= 0.3 is 0 Å². The first kappa shape index (κ1) is 13.6. The Kier molecular flexibility index (Phi) is 3.82. The third kappa shape index (κ3) is 2.61. The van der Waals surface area contributed by atoms with Crippen LogP contribution in [0, 0.1) is 5.92 Å². The Labute approximate surface area is 112 Å². The lowest BCUT2D eigenvalue weighted by atomic mass is 10.3. The molecule has 1 aliphatic rings. The van der Waals surface area contributed by atoms with Gasteiger partial charge in [-0.1, -0.05) is 20.3 Å². The van der Waals surface area contributed by atoms with Crippen LogP contribution in [0.1, 0.15) is 33.1 Å². The molecule has 1 aliphatic carbocycles. The van der Waals surface area contributed by atoms with Gasteiger partial charge in [0.05, 0.1) is 5.75 Å². The highest BCUT2D eigenvalue weighted by atomic mass is 32.2. The van der Waals surface area contributed by atoms with E-state index in [1.165, 1.54) is 0 Å². The fraction of sp³-hybridized carbons (Fsp3) is 0.727. The Bertz CT molecular complexity index is 524. The van der Waals surface area contributed by atoms with Crippen molar-refractivity contribution < 1.29 is 8.42 Å². The number of nitrogens with two attached hydrogens (primary N) is 1. The van der Waals surface area contributed by atoms with Crippen LogP contribution in [0.5, 0.6) is 0 Å². The van der Waals surface area contributed by atoms with Crippen molar-refractivity contribution in [3.63, 3.8) is 0 Å². The first-order chi connectivity index (χ1) is 8.49. The summed E-state index contributed by atoms with van der Waals surface area (Å²) in [7, 11) is -3.31. The Morgan fingerprint density at radius 1 is 1.50 bits per heavy atom. The minimum atomic E-state index is -3.31. The molecular formula is C11H19N3O2S2. The topological polar surface area (TPSA) is 85.1 Å². The lowest BCUT2D eigenvalue weighted by molar-refractivity contribution is 0.595. The maximum absolute atomic E-state index is 12.1. The Morgan fingerprint density at radius 2 is 2.22 bits per heavy atom. The summed E-state index contributed by atoms with van der Waals surface area (Å²) < 4.78 is 28.2. The molecule has 5 nitrogen and oxygen atoms in total. The number of aromatic nitrogens is 1. The van der Waals surface area contributed by atoms with Gasteiger partial charge < -0.3 is 11.1 Å². The molecule has 0 aliphatic heterocycles. The summed E-state index contributed by atoms with van der Waals surface area (Å²) in [5.41, 5.74) is 5.70. The zero-order valence-electron chi connectivity index (χ0n) is 10.6. The molecule has 1 aromatic heterocycles. The first-order valence-corrected chi connectivity index (χ1v) is 8.66. The summed E-state index contributed by atoms with van der Waals surface area (Å²) >= 11 is 1.14. The van der Waals surface area contributed by atoms with Crippen LogP contribution in [0.25, 0.3) is 0 Å². The van der Waals surface area contributed by atoms with Gasteiger partial charge in [-0.2, -0.15) is 4.37 Å². The first-order valence-electron chi connectivity index (χ1n) is 6.24. The molecule has 1 aromatic rings. The van der Waals surface area contributed by atoms with E-state index in [-0.39, 0.29) is 16.5 Å².